The molecule has 0 rings (SSSR count). The van der Waals surface area contributed by atoms with Crippen molar-refractivity contribution in [3.05, 3.63) is 10.4 Å². The van der Waals surface area contributed by atoms with Crippen molar-refractivity contribution in [2.45, 2.75) is 19.1 Å². The molecule has 0 saturated heterocycles. The van der Waals surface area contributed by atoms with Gasteiger partial charge in [-0.1, -0.05) is 5.11 Å². The topological polar surface area (TPSA) is 95.3 Å². The SMILES string of the molecule is COC(=O)[C@H](N=[N+]=[N-])[C@@H](C)O.[2H][2H].[2H][2H]. The number of carbonyl (C=O) groups excluding carboxylic acids is 1. The number of aliphatic hydroxyl groups is 1. The molecule has 0 bridgehead atoms. The molecule has 0 aliphatic heterocycles. The van der Waals surface area contributed by atoms with E-state index in [1.807, 2.05) is 0 Å². The summed E-state index contributed by atoms with van der Waals surface area (Å²) in [7, 11) is 1.16. The zero-order valence-electron chi connectivity index (χ0n) is 10.3. The Morgan fingerprint density at radius 2 is 2.55 bits per heavy atom. The molecule has 0 amide bonds. The van der Waals surface area contributed by atoms with Gasteiger partial charge < -0.3 is 9.84 Å². The van der Waals surface area contributed by atoms with Gasteiger partial charge in [0.25, 0.3) is 0 Å². The molecule has 6 nitrogen and oxygen atoms in total. The average Bonchev–Trinajstić information content (AvgIpc) is 2.30. The van der Waals surface area contributed by atoms with Crippen LogP contribution >= 0.6 is 0 Å². The molecule has 0 aromatic rings. The minimum absolute atomic E-state index is 0.738. The van der Waals surface area contributed by atoms with Crippen molar-refractivity contribution in [2.24, 2.45) is 5.11 Å². The lowest BCUT2D eigenvalue weighted by atomic mass is 10.2. The largest absolute Gasteiger partial charge is 0.469 e. The van der Waals surface area contributed by atoms with Gasteiger partial charge in [0, 0.05) is 10.9 Å². The predicted molar refractivity (Wildman–Crippen MR) is 40.9 cm³/mol. The maximum absolute atomic E-state index is 10.7. The maximum atomic E-state index is 10.7. The van der Waals surface area contributed by atoms with Crippen LogP contribution in [0.5, 0.6) is 0 Å². The van der Waals surface area contributed by atoms with Crippen molar-refractivity contribution < 1.29 is 20.6 Å². The number of hydrogen-bond donors (Lipinski definition) is 1. The smallest absolute Gasteiger partial charge is 0.317 e. The molecule has 0 heterocycles. The van der Waals surface area contributed by atoms with Gasteiger partial charge >= 0.3 is 5.97 Å². The van der Waals surface area contributed by atoms with E-state index < -0.39 is 18.1 Å². The van der Waals surface area contributed by atoms with Crippen LogP contribution in [0.1, 0.15) is 12.9 Å². The Kier molecular flexibility index (Phi) is 2.66. The van der Waals surface area contributed by atoms with E-state index in [0.717, 1.165) is 7.11 Å². The first-order chi connectivity index (χ1) is 7.13. The first kappa shape index (κ1) is 6.45. The fourth-order valence-electron chi connectivity index (χ4n) is 0.517. The summed E-state index contributed by atoms with van der Waals surface area (Å²) in [5, 5.41) is 11.9. The highest BCUT2D eigenvalue weighted by atomic mass is 16.5. The van der Waals surface area contributed by atoms with E-state index >= 15 is 0 Å². The second kappa shape index (κ2) is 4.54. The summed E-state index contributed by atoms with van der Waals surface area (Å²) in [6, 6.07) is -1.15. The Hall–Kier alpha value is -1.26. The van der Waals surface area contributed by atoms with E-state index in [9.17, 15) is 4.79 Å². The summed E-state index contributed by atoms with van der Waals surface area (Å²) in [5.41, 5.74) is 7.97. The molecule has 0 aromatic heterocycles. The lowest BCUT2D eigenvalue weighted by molar-refractivity contribution is -0.144. The number of azide groups is 1. The third-order valence-electron chi connectivity index (χ3n) is 1.08. The van der Waals surface area contributed by atoms with Crippen molar-refractivity contribution in [2.75, 3.05) is 7.11 Å². The van der Waals surface area contributed by atoms with Crippen LogP contribution in [0.15, 0.2) is 5.11 Å². The fraction of sp³-hybridized carbons (Fsp3) is 0.800. The molecule has 0 unspecified atom stereocenters. The van der Waals surface area contributed by atoms with Gasteiger partial charge in [-0.15, -0.1) is 0 Å². The molecule has 0 aromatic carbocycles. The Labute approximate surface area is 69.6 Å². The summed E-state index contributed by atoms with van der Waals surface area (Å²) in [4.78, 5) is 13.1. The van der Waals surface area contributed by atoms with Gasteiger partial charge in [0.15, 0.2) is 6.04 Å². The Balaban J connectivity index is -0.000000318. The van der Waals surface area contributed by atoms with Gasteiger partial charge in [0.2, 0.25) is 0 Å². The van der Waals surface area contributed by atoms with Crippen LogP contribution in [-0.2, 0) is 9.53 Å². The van der Waals surface area contributed by atoms with E-state index in [1.54, 1.807) is 0 Å². The minimum atomic E-state index is -1.15. The highest BCUT2D eigenvalue weighted by Crippen LogP contribution is 2.00. The van der Waals surface area contributed by atoms with Gasteiger partial charge in [-0.25, -0.2) is 0 Å². The van der Waals surface area contributed by atoms with Crippen LogP contribution in [0.25, 0.3) is 10.4 Å². The normalized spacial score (nSPS) is 15.9. The Morgan fingerprint density at radius 3 is 2.82 bits per heavy atom. The molecule has 0 fully saturated rings. The molecule has 0 spiro atoms. The van der Waals surface area contributed by atoms with Crippen LogP contribution in [-0.4, -0.2) is 30.3 Å². The minimum Gasteiger partial charge on any atom is -0.469 e. The molecule has 11 heavy (non-hydrogen) atoms. The Morgan fingerprint density at radius 1 is 2.00 bits per heavy atom. The highest BCUT2D eigenvalue weighted by molar-refractivity contribution is 5.76. The van der Waals surface area contributed by atoms with E-state index in [1.165, 1.54) is 6.92 Å². The second-order valence-electron chi connectivity index (χ2n) is 1.91. The van der Waals surface area contributed by atoms with E-state index in [4.69, 9.17) is 16.6 Å². The van der Waals surface area contributed by atoms with E-state index in [2.05, 4.69) is 14.8 Å². The maximum Gasteiger partial charge on any atom is 0.317 e. The molecular weight excluding hydrogens is 150 g/mol. The van der Waals surface area contributed by atoms with Gasteiger partial charge in [-0.3, -0.25) is 4.79 Å². The van der Waals surface area contributed by atoms with Gasteiger partial charge in [0.05, 0.1) is 13.2 Å². The van der Waals surface area contributed by atoms with Gasteiger partial charge in [0.1, 0.15) is 0 Å². The van der Waals surface area contributed by atoms with Crippen molar-refractivity contribution in [1.82, 2.24) is 0 Å². The first-order valence-electron chi connectivity index (χ1n) is 4.93. The summed E-state index contributed by atoms with van der Waals surface area (Å²) in [5.74, 6) is -0.738. The van der Waals surface area contributed by atoms with Crippen molar-refractivity contribution in [3.8, 4) is 0 Å². The molecular formula is C5H13N3O3. The fourth-order valence-corrected chi connectivity index (χ4v) is 0.517. The van der Waals surface area contributed by atoms with E-state index in [0.29, 0.717) is 0 Å². The number of aliphatic hydroxyl groups excluding tert-OH is 1. The quantitative estimate of drug-likeness (QED) is 0.290. The lowest BCUT2D eigenvalue weighted by Crippen LogP contribution is -2.30. The number of methoxy groups -OCH3 is 1. The number of hydrogen-bond acceptors (Lipinski definition) is 4. The monoisotopic (exact) mass is 167 g/mol. The van der Waals surface area contributed by atoms with E-state index in [-0.39, 0.29) is 0 Å². The molecule has 0 radical (unpaired) electrons. The predicted octanol–water partition coefficient (Wildman–Crippen LogP) is 0.711. The van der Waals surface area contributed by atoms with Crippen LogP contribution in [0.3, 0.4) is 0 Å². The van der Waals surface area contributed by atoms with Crippen LogP contribution < -0.4 is 0 Å². The van der Waals surface area contributed by atoms with Crippen molar-refractivity contribution in [3.63, 3.8) is 0 Å². The zero-order valence-corrected chi connectivity index (χ0v) is 6.26. The standard InChI is InChI=1S/C5H9N3O3.2H2/c1-3(9)4(7-8-6)5(10)11-2;;/h3-4,9H,1-2H3;2*1H/t3-,4-;;/m1../s1/i;2*1+1D. The average molecular weight is 167 g/mol. The number of rotatable bonds is 3. The second-order valence-corrected chi connectivity index (χ2v) is 1.91. The number of nitrogens with zero attached hydrogens (tertiary/aromatic N) is 3. The Bertz CT molecular complexity index is 198. The van der Waals surface area contributed by atoms with Crippen LogP contribution in [0, 0.1) is 0 Å². The number of carbonyl (C=O) groups is 1. The van der Waals surface area contributed by atoms with Crippen LogP contribution in [0.4, 0.5) is 0 Å². The molecule has 2 atom stereocenters. The molecule has 0 aliphatic rings. The van der Waals surface area contributed by atoms with Crippen molar-refractivity contribution in [1.29, 1.82) is 0 Å². The molecule has 0 aliphatic carbocycles. The van der Waals surface area contributed by atoms with Crippen LogP contribution in [0.2, 0.25) is 0 Å². The molecule has 1 N–H and O–H groups in total. The number of esters is 1. The summed E-state index contributed by atoms with van der Waals surface area (Å²) in [6.07, 6.45) is -1.03. The zero-order chi connectivity index (χ0) is 12.9. The summed E-state index contributed by atoms with van der Waals surface area (Å²) < 4.78 is 24.3. The third-order valence-corrected chi connectivity index (χ3v) is 1.08. The van der Waals surface area contributed by atoms with Crippen molar-refractivity contribution >= 4 is 5.97 Å². The lowest BCUT2D eigenvalue weighted by Gasteiger charge is -2.10. The van der Waals surface area contributed by atoms with Gasteiger partial charge in [-0.05, 0) is 12.5 Å². The number of ether oxygens (including phenoxy) is 1. The molecule has 6 heteroatoms. The van der Waals surface area contributed by atoms with Gasteiger partial charge in [-0.2, -0.15) is 0 Å². The first-order valence-corrected chi connectivity index (χ1v) is 2.93. The molecule has 66 valence electrons. The summed E-state index contributed by atoms with van der Waals surface area (Å²) in [6.45, 7) is 1.34. The molecule has 0 saturated carbocycles. The third kappa shape index (κ3) is 2.88. The highest BCUT2D eigenvalue weighted by Gasteiger charge is 2.22. The summed E-state index contributed by atoms with van der Waals surface area (Å²) >= 11 is 0.